The molecule has 2 aromatic heterocycles. The molecule has 1 saturated carbocycles. The number of rotatable bonds is 3. The van der Waals surface area contributed by atoms with E-state index in [1.54, 1.807) is 6.20 Å². The molecule has 28 heavy (non-hydrogen) atoms. The Hall–Kier alpha value is -3.01. The van der Waals surface area contributed by atoms with E-state index >= 15 is 0 Å². The SMILES string of the molecule is Cc1cc(F)cc2c(N3CCC(c4noc(C5CC5)n4)CC3)c(C#N)cnc12. The minimum absolute atomic E-state index is 0.254. The van der Waals surface area contributed by atoms with Gasteiger partial charge in [0.05, 0.1) is 16.8 Å². The maximum Gasteiger partial charge on any atom is 0.229 e. The van der Waals surface area contributed by atoms with Gasteiger partial charge in [0.2, 0.25) is 5.89 Å². The van der Waals surface area contributed by atoms with Crippen LogP contribution in [0.5, 0.6) is 0 Å². The molecule has 3 heterocycles. The van der Waals surface area contributed by atoms with E-state index in [1.807, 2.05) is 6.92 Å². The predicted molar refractivity (Wildman–Crippen MR) is 102 cm³/mol. The number of hydrogen-bond donors (Lipinski definition) is 0. The van der Waals surface area contributed by atoms with Gasteiger partial charge in [-0.1, -0.05) is 5.16 Å². The average molecular weight is 377 g/mol. The molecule has 5 rings (SSSR count). The summed E-state index contributed by atoms with van der Waals surface area (Å²) in [5, 5.41) is 14.5. The first-order chi connectivity index (χ1) is 13.6. The third-order valence-electron chi connectivity index (χ3n) is 5.78. The first kappa shape index (κ1) is 17.1. The first-order valence-corrected chi connectivity index (χ1v) is 9.71. The van der Waals surface area contributed by atoms with E-state index in [-0.39, 0.29) is 11.7 Å². The molecule has 2 aliphatic rings. The van der Waals surface area contributed by atoms with Crippen molar-refractivity contribution in [2.45, 2.75) is 44.4 Å². The fourth-order valence-electron chi connectivity index (χ4n) is 4.12. The smallest absolute Gasteiger partial charge is 0.229 e. The molecule has 0 bridgehead atoms. The van der Waals surface area contributed by atoms with Gasteiger partial charge in [-0.3, -0.25) is 4.98 Å². The van der Waals surface area contributed by atoms with Gasteiger partial charge >= 0.3 is 0 Å². The molecule has 2 fully saturated rings. The third-order valence-corrected chi connectivity index (χ3v) is 5.78. The zero-order valence-corrected chi connectivity index (χ0v) is 15.7. The van der Waals surface area contributed by atoms with Gasteiger partial charge in [0.15, 0.2) is 5.82 Å². The Morgan fingerprint density at radius 2 is 1.96 bits per heavy atom. The number of piperidine rings is 1. The molecular formula is C21H20FN5O. The molecule has 142 valence electrons. The third kappa shape index (κ3) is 2.89. The van der Waals surface area contributed by atoms with Crippen molar-refractivity contribution in [1.29, 1.82) is 5.26 Å². The van der Waals surface area contributed by atoms with E-state index in [2.05, 4.69) is 26.1 Å². The molecule has 0 N–H and O–H groups in total. The van der Waals surface area contributed by atoms with Gasteiger partial charge in [-0.2, -0.15) is 10.2 Å². The van der Waals surface area contributed by atoms with Gasteiger partial charge in [0, 0.05) is 36.5 Å². The molecule has 6 nitrogen and oxygen atoms in total. The first-order valence-electron chi connectivity index (χ1n) is 9.71. The Balaban J connectivity index is 1.44. The highest BCUT2D eigenvalue weighted by Gasteiger charge is 2.32. The van der Waals surface area contributed by atoms with Crippen molar-refractivity contribution in [3.8, 4) is 6.07 Å². The van der Waals surface area contributed by atoms with E-state index in [9.17, 15) is 9.65 Å². The van der Waals surface area contributed by atoms with E-state index in [0.29, 0.717) is 16.9 Å². The van der Waals surface area contributed by atoms with Crippen LogP contribution in [0, 0.1) is 24.1 Å². The Kier molecular flexibility index (Phi) is 4.00. The van der Waals surface area contributed by atoms with Crippen molar-refractivity contribution in [3.05, 3.63) is 47.0 Å². The van der Waals surface area contributed by atoms with Crippen LogP contribution in [0.2, 0.25) is 0 Å². The van der Waals surface area contributed by atoms with Crippen LogP contribution in [0.3, 0.4) is 0 Å². The standard InChI is InChI=1S/C21H20FN5O/c1-12-8-16(22)9-17-18(12)24-11-15(10-23)19(17)27-6-4-13(5-7-27)20-25-21(28-26-20)14-2-3-14/h8-9,11,13-14H,2-7H2,1H3. The van der Waals surface area contributed by atoms with Crippen molar-refractivity contribution in [2.75, 3.05) is 18.0 Å². The molecule has 1 saturated heterocycles. The van der Waals surface area contributed by atoms with Crippen molar-refractivity contribution < 1.29 is 8.91 Å². The maximum atomic E-state index is 14.1. The summed E-state index contributed by atoms with van der Waals surface area (Å²) >= 11 is 0. The van der Waals surface area contributed by atoms with Gasteiger partial charge < -0.3 is 9.42 Å². The number of aromatic nitrogens is 3. The summed E-state index contributed by atoms with van der Waals surface area (Å²) < 4.78 is 19.5. The van der Waals surface area contributed by atoms with Gasteiger partial charge in [0.25, 0.3) is 0 Å². The highest BCUT2D eigenvalue weighted by atomic mass is 19.1. The van der Waals surface area contributed by atoms with Crippen molar-refractivity contribution in [1.82, 2.24) is 15.1 Å². The predicted octanol–water partition coefficient (Wildman–Crippen LogP) is 4.20. The fourth-order valence-corrected chi connectivity index (χ4v) is 4.12. The summed E-state index contributed by atoms with van der Waals surface area (Å²) in [4.78, 5) is 11.1. The summed E-state index contributed by atoms with van der Waals surface area (Å²) in [6, 6.07) is 5.19. The van der Waals surface area contributed by atoms with Crippen molar-refractivity contribution >= 4 is 16.6 Å². The molecule has 1 aliphatic carbocycles. The quantitative estimate of drug-likeness (QED) is 0.681. The van der Waals surface area contributed by atoms with Crippen LogP contribution in [0.15, 0.2) is 22.9 Å². The number of pyridine rings is 1. The van der Waals surface area contributed by atoms with Crippen LogP contribution in [0.4, 0.5) is 10.1 Å². The normalized spacial score (nSPS) is 17.8. The number of benzene rings is 1. The van der Waals surface area contributed by atoms with E-state index < -0.39 is 0 Å². The molecule has 0 spiro atoms. The van der Waals surface area contributed by atoms with Gasteiger partial charge in [-0.15, -0.1) is 0 Å². The Bertz CT molecular complexity index is 1090. The van der Waals surface area contributed by atoms with Gasteiger partial charge in [-0.05, 0) is 50.3 Å². The number of nitrogens with zero attached hydrogens (tertiary/aromatic N) is 5. The summed E-state index contributed by atoms with van der Waals surface area (Å²) in [6.07, 6.45) is 5.61. The van der Waals surface area contributed by atoms with Crippen LogP contribution < -0.4 is 4.90 Å². The summed E-state index contributed by atoms with van der Waals surface area (Å²) in [5.41, 5.74) is 2.77. The second-order valence-electron chi connectivity index (χ2n) is 7.78. The lowest BCUT2D eigenvalue weighted by Crippen LogP contribution is -2.34. The second kappa shape index (κ2) is 6.55. The summed E-state index contributed by atoms with van der Waals surface area (Å²) in [7, 11) is 0. The van der Waals surface area contributed by atoms with Crippen LogP contribution >= 0.6 is 0 Å². The van der Waals surface area contributed by atoms with Crippen molar-refractivity contribution in [2.24, 2.45) is 0 Å². The van der Waals surface area contributed by atoms with Crippen LogP contribution in [-0.4, -0.2) is 28.2 Å². The monoisotopic (exact) mass is 377 g/mol. The molecular weight excluding hydrogens is 357 g/mol. The fraction of sp³-hybridized carbons (Fsp3) is 0.429. The average Bonchev–Trinajstić information content (AvgIpc) is 3.44. The number of anilines is 1. The van der Waals surface area contributed by atoms with Gasteiger partial charge in [0.1, 0.15) is 11.9 Å². The molecule has 1 aliphatic heterocycles. The summed E-state index contributed by atoms with van der Waals surface area (Å²) in [5.74, 6) is 1.97. The summed E-state index contributed by atoms with van der Waals surface area (Å²) in [6.45, 7) is 3.34. The molecule has 1 aromatic carbocycles. The Morgan fingerprint density at radius 1 is 1.18 bits per heavy atom. The zero-order valence-electron chi connectivity index (χ0n) is 15.7. The van der Waals surface area contributed by atoms with Crippen molar-refractivity contribution in [3.63, 3.8) is 0 Å². The Labute approximate surface area is 162 Å². The Morgan fingerprint density at radius 3 is 2.68 bits per heavy atom. The van der Waals surface area contributed by atoms with E-state index in [0.717, 1.165) is 67.3 Å². The lowest BCUT2D eigenvalue weighted by Gasteiger charge is -2.33. The molecule has 0 radical (unpaired) electrons. The molecule has 7 heteroatoms. The minimum Gasteiger partial charge on any atom is -0.370 e. The van der Waals surface area contributed by atoms with Gasteiger partial charge in [-0.25, -0.2) is 4.39 Å². The number of fused-ring (bicyclic) bond motifs is 1. The van der Waals surface area contributed by atoms with E-state index in [1.165, 1.54) is 12.1 Å². The highest BCUT2D eigenvalue weighted by molar-refractivity contribution is 5.96. The van der Waals surface area contributed by atoms with E-state index in [4.69, 9.17) is 4.52 Å². The maximum absolute atomic E-state index is 14.1. The molecule has 3 aromatic rings. The zero-order chi connectivity index (χ0) is 19.3. The second-order valence-corrected chi connectivity index (χ2v) is 7.78. The minimum atomic E-state index is -0.308. The molecule has 0 unspecified atom stereocenters. The lowest BCUT2D eigenvalue weighted by molar-refractivity contribution is 0.365. The molecule has 0 atom stereocenters. The molecule has 0 amide bonds. The number of aryl methyl sites for hydroxylation is 1. The topological polar surface area (TPSA) is 78.8 Å². The number of hydrogen-bond acceptors (Lipinski definition) is 6. The lowest BCUT2D eigenvalue weighted by atomic mass is 9.94. The van der Waals surface area contributed by atoms with Crippen LogP contribution in [0.25, 0.3) is 10.9 Å². The van der Waals surface area contributed by atoms with Crippen LogP contribution in [0.1, 0.15) is 60.4 Å². The highest BCUT2D eigenvalue weighted by Crippen LogP contribution is 2.40. The largest absolute Gasteiger partial charge is 0.370 e. The number of nitriles is 1. The van der Waals surface area contributed by atoms with Crippen LogP contribution in [-0.2, 0) is 0 Å². The number of halogens is 1.